The second-order valence-electron chi connectivity index (χ2n) is 5.15. The van der Waals surface area contributed by atoms with Crippen LogP contribution in [0.2, 0.25) is 0 Å². The number of aliphatic hydroxyl groups is 1. The van der Waals surface area contributed by atoms with Gasteiger partial charge in [0, 0.05) is 27.1 Å². The van der Waals surface area contributed by atoms with Gasteiger partial charge in [-0.3, -0.25) is 4.79 Å². The van der Waals surface area contributed by atoms with Crippen LogP contribution in [0.3, 0.4) is 0 Å². The highest BCUT2D eigenvalue weighted by Gasteiger charge is 2.13. The van der Waals surface area contributed by atoms with Crippen molar-refractivity contribution in [1.82, 2.24) is 4.90 Å². The molecule has 0 aliphatic heterocycles. The number of nitrogens with zero attached hydrogens (tertiary/aromatic N) is 1. The lowest BCUT2D eigenvalue weighted by Gasteiger charge is -2.20. The van der Waals surface area contributed by atoms with Gasteiger partial charge in [0.1, 0.15) is 5.75 Å². The molecule has 1 aromatic rings. The summed E-state index contributed by atoms with van der Waals surface area (Å²) in [4.78, 5) is 13.4. The molecule has 1 N–H and O–H groups in total. The van der Waals surface area contributed by atoms with Crippen LogP contribution in [0.1, 0.15) is 18.4 Å². The SMILES string of the molecule is COCC(O)CN(C)C(=O)CCCOc1ccc(C)cc1. The average molecular weight is 295 g/mol. The molecule has 0 aromatic heterocycles. The smallest absolute Gasteiger partial charge is 0.222 e. The van der Waals surface area contributed by atoms with Crippen LogP contribution in [0, 0.1) is 6.92 Å². The fraction of sp³-hybridized carbons (Fsp3) is 0.562. The van der Waals surface area contributed by atoms with E-state index in [2.05, 4.69) is 0 Å². The molecule has 0 saturated heterocycles. The highest BCUT2D eigenvalue weighted by molar-refractivity contribution is 5.75. The zero-order valence-electron chi connectivity index (χ0n) is 13.0. The number of hydrogen-bond donors (Lipinski definition) is 1. The lowest BCUT2D eigenvalue weighted by Crippen LogP contribution is -2.36. The van der Waals surface area contributed by atoms with Crippen molar-refractivity contribution in [3.8, 4) is 5.75 Å². The maximum Gasteiger partial charge on any atom is 0.222 e. The Labute approximate surface area is 126 Å². The van der Waals surface area contributed by atoms with Gasteiger partial charge in [-0.1, -0.05) is 17.7 Å². The number of hydrogen-bond acceptors (Lipinski definition) is 4. The molecule has 1 amide bonds. The van der Waals surface area contributed by atoms with Crippen LogP contribution >= 0.6 is 0 Å². The molecule has 0 radical (unpaired) electrons. The van der Waals surface area contributed by atoms with Gasteiger partial charge in [-0.25, -0.2) is 0 Å². The lowest BCUT2D eigenvalue weighted by atomic mass is 10.2. The van der Waals surface area contributed by atoms with Crippen molar-refractivity contribution >= 4 is 5.91 Å². The van der Waals surface area contributed by atoms with Gasteiger partial charge in [0.15, 0.2) is 0 Å². The van der Waals surface area contributed by atoms with Crippen LogP contribution in [0.4, 0.5) is 0 Å². The van der Waals surface area contributed by atoms with E-state index in [0.717, 1.165) is 5.75 Å². The molecule has 0 saturated carbocycles. The van der Waals surface area contributed by atoms with E-state index in [0.29, 0.717) is 19.4 Å². The molecule has 1 unspecified atom stereocenters. The number of methoxy groups -OCH3 is 1. The van der Waals surface area contributed by atoms with Crippen LogP contribution in [-0.2, 0) is 9.53 Å². The number of aryl methyl sites for hydroxylation is 1. The second kappa shape index (κ2) is 9.37. The van der Waals surface area contributed by atoms with Crippen LogP contribution < -0.4 is 4.74 Å². The van der Waals surface area contributed by atoms with E-state index in [4.69, 9.17) is 9.47 Å². The van der Waals surface area contributed by atoms with Gasteiger partial charge in [0.25, 0.3) is 0 Å². The Morgan fingerprint density at radius 2 is 2.00 bits per heavy atom. The van der Waals surface area contributed by atoms with Crippen molar-refractivity contribution in [3.63, 3.8) is 0 Å². The van der Waals surface area contributed by atoms with Crippen molar-refractivity contribution in [3.05, 3.63) is 29.8 Å². The summed E-state index contributed by atoms with van der Waals surface area (Å²) in [6.07, 6.45) is 0.409. The molecule has 0 aliphatic rings. The molecular weight excluding hydrogens is 270 g/mol. The molecule has 0 bridgehead atoms. The van der Waals surface area contributed by atoms with Crippen molar-refractivity contribution in [2.24, 2.45) is 0 Å². The summed E-state index contributed by atoms with van der Waals surface area (Å²) in [6, 6.07) is 7.83. The monoisotopic (exact) mass is 295 g/mol. The topological polar surface area (TPSA) is 59.0 Å². The summed E-state index contributed by atoms with van der Waals surface area (Å²) in [5.74, 6) is 0.814. The van der Waals surface area contributed by atoms with Crippen molar-refractivity contribution in [2.45, 2.75) is 25.9 Å². The van der Waals surface area contributed by atoms with Crippen molar-refractivity contribution < 1.29 is 19.4 Å². The summed E-state index contributed by atoms with van der Waals surface area (Å²) in [5, 5.41) is 9.57. The molecule has 0 fully saturated rings. The second-order valence-corrected chi connectivity index (χ2v) is 5.15. The number of likely N-dealkylation sites (N-methyl/N-ethyl adjacent to an activating group) is 1. The number of amides is 1. The lowest BCUT2D eigenvalue weighted by molar-refractivity contribution is -0.131. The molecule has 1 rings (SSSR count). The summed E-state index contributed by atoms with van der Waals surface area (Å²) in [5.41, 5.74) is 1.19. The van der Waals surface area contributed by atoms with E-state index in [1.807, 2.05) is 31.2 Å². The maximum atomic E-state index is 11.9. The van der Waals surface area contributed by atoms with Gasteiger partial charge in [0.2, 0.25) is 5.91 Å². The Morgan fingerprint density at radius 3 is 2.62 bits per heavy atom. The van der Waals surface area contributed by atoms with Gasteiger partial charge >= 0.3 is 0 Å². The highest BCUT2D eigenvalue weighted by Crippen LogP contribution is 2.12. The average Bonchev–Trinajstić information content (AvgIpc) is 2.45. The minimum atomic E-state index is -0.646. The molecule has 118 valence electrons. The molecule has 21 heavy (non-hydrogen) atoms. The number of carbonyl (C=O) groups is 1. The summed E-state index contributed by atoms with van der Waals surface area (Å²) >= 11 is 0. The third kappa shape index (κ3) is 7.11. The quantitative estimate of drug-likeness (QED) is 0.703. The zero-order valence-corrected chi connectivity index (χ0v) is 13.0. The Bertz CT molecular complexity index is 419. The number of carbonyl (C=O) groups excluding carboxylic acids is 1. The van der Waals surface area contributed by atoms with Crippen LogP contribution in [0.25, 0.3) is 0 Å². The van der Waals surface area contributed by atoms with Gasteiger partial charge < -0.3 is 19.5 Å². The number of ether oxygens (including phenoxy) is 2. The fourth-order valence-corrected chi connectivity index (χ4v) is 1.90. The third-order valence-corrected chi connectivity index (χ3v) is 3.09. The maximum absolute atomic E-state index is 11.9. The molecule has 0 aliphatic carbocycles. The van der Waals surface area contributed by atoms with E-state index < -0.39 is 6.10 Å². The first-order valence-corrected chi connectivity index (χ1v) is 7.13. The summed E-state index contributed by atoms with van der Waals surface area (Å²) < 4.78 is 10.4. The molecular formula is C16H25NO4. The first-order chi connectivity index (χ1) is 10.0. The number of rotatable bonds is 9. The minimum Gasteiger partial charge on any atom is -0.494 e. The standard InChI is InChI=1S/C16H25NO4/c1-13-6-8-15(9-7-13)21-10-4-5-16(19)17(2)11-14(18)12-20-3/h6-9,14,18H,4-5,10-12H2,1-3H3. The van der Waals surface area contributed by atoms with Gasteiger partial charge in [-0.05, 0) is 25.5 Å². The molecule has 1 aromatic carbocycles. The van der Waals surface area contributed by atoms with Gasteiger partial charge in [-0.15, -0.1) is 0 Å². The first-order valence-electron chi connectivity index (χ1n) is 7.13. The Kier molecular flexibility index (Phi) is 7.79. The van der Waals surface area contributed by atoms with Crippen molar-refractivity contribution in [1.29, 1.82) is 0 Å². The highest BCUT2D eigenvalue weighted by atomic mass is 16.5. The Balaban J connectivity index is 2.19. The summed E-state index contributed by atoms with van der Waals surface area (Å²) in [7, 11) is 3.20. The zero-order chi connectivity index (χ0) is 15.7. The van der Waals surface area contributed by atoms with E-state index >= 15 is 0 Å². The van der Waals surface area contributed by atoms with E-state index in [1.54, 1.807) is 7.05 Å². The van der Waals surface area contributed by atoms with Gasteiger partial charge in [0.05, 0.1) is 19.3 Å². The minimum absolute atomic E-state index is 0.00217. The largest absolute Gasteiger partial charge is 0.494 e. The molecule has 5 nitrogen and oxygen atoms in total. The third-order valence-electron chi connectivity index (χ3n) is 3.09. The van der Waals surface area contributed by atoms with E-state index in [-0.39, 0.29) is 19.1 Å². The molecule has 0 heterocycles. The number of aliphatic hydroxyl groups excluding tert-OH is 1. The van der Waals surface area contributed by atoms with Crippen LogP contribution in [0.15, 0.2) is 24.3 Å². The number of benzene rings is 1. The van der Waals surface area contributed by atoms with E-state index in [9.17, 15) is 9.90 Å². The van der Waals surface area contributed by atoms with Gasteiger partial charge in [-0.2, -0.15) is 0 Å². The predicted octanol–water partition coefficient (Wildman–Crippen LogP) is 1.62. The van der Waals surface area contributed by atoms with E-state index in [1.165, 1.54) is 17.6 Å². The predicted molar refractivity (Wildman–Crippen MR) is 81.4 cm³/mol. The Hall–Kier alpha value is -1.59. The summed E-state index contributed by atoms with van der Waals surface area (Å²) in [6.45, 7) is 3.04. The van der Waals surface area contributed by atoms with Crippen LogP contribution in [-0.4, -0.2) is 55.9 Å². The normalized spacial score (nSPS) is 12.0. The van der Waals surface area contributed by atoms with Crippen LogP contribution in [0.5, 0.6) is 5.75 Å². The van der Waals surface area contributed by atoms with Crippen molar-refractivity contribution in [2.75, 3.05) is 33.9 Å². The Morgan fingerprint density at radius 1 is 1.33 bits per heavy atom. The molecule has 1 atom stereocenters. The first kappa shape index (κ1) is 17.5. The molecule has 0 spiro atoms. The fourth-order valence-electron chi connectivity index (χ4n) is 1.90. The molecule has 5 heteroatoms.